The maximum absolute atomic E-state index is 15.1. The van der Waals surface area contributed by atoms with Gasteiger partial charge in [0.1, 0.15) is 56.6 Å². The lowest BCUT2D eigenvalue weighted by Crippen LogP contribution is -2.16. The summed E-state index contributed by atoms with van der Waals surface area (Å²) in [5, 5.41) is 0. The molecule has 0 saturated heterocycles. The van der Waals surface area contributed by atoms with E-state index in [0.29, 0.717) is 55.5 Å². The van der Waals surface area contributed by atoms with Crippen molar-refractivity contribution in [3.63, 3.8) is 0 Å². The molecule has 430 valence electrons. The fourth-order valence-electron chi connectivity index (χ4n) is 11.1. The fourth-order valence-corrected chi connectivity index (χ4v) is 11.1. The molecule has 1 aliphatic carbocycles. The lowest BCUT2D eigenvalue weighted by molar-refractivity contribution is -0.109. The van der Waals surface area contributed by atoms with E-state index < -0.39 is 5.82 Å². The lowest BCUT2D eigenvalue weighted by Gasteiger charge is -2.20. The van der Waals surface area contributed by atoms with Crippen molar-refractivity contribution in [3.05, 3.63) is 248 Å². The maximum atomic E-state index is 15.1. The number of hydrogen-bond donors (Lipinski definition) is 0. The lowest BCUT2D eigenvalue weighted by atomic mass is 9.88. The highest BCUT2D eigenvalue weighted by Gasteiger charge is 2.26. The van der Waals surface area contributed by atoms with E-state index in [1.807, 2.05) is 112 Å². The summed E-state index contributed by atoms with van der Waals surface area (Å²) in [7, 11) is 0. The number of halogens is 1. The van der Waals surface area contributed by atoms with Crippen LogP contribution in [-0.4, -0.2) is 56.9 Å². The second-order valence-electron chi connectivity index (χ2n) is 21.5. The molecule has 8 aromatic carbocycles. The van der Waals surface area contributed by atoms with Crippen molar-refractivity contribution in [2.75, 3.05) is 33.0 Å². The van der Waals surface area contributed by atoms with Crippen LogP contribution in [0.5, 0.6) is 23.0 Å². The van der Waals surface area contributed by atoms with Gasteiger partial charge in [-0.1, -0.05) is 134 Å². The van der Waals surface area contributed by atoms with Gasteiger partial charge in [0.05, 0.1) is 6.61 Å². The van der Waals surface area contributed by atoms with Crippen LogP contribution in [0.4, 0.5) is 4.39 Å². The molecule has 1 aromatic heterocycles. The van der Waals surface area contributed by atoms with Gasteiger partial charge in [-0.05, 0) is 179 Å². The molecule has 1 atom stereocenters. The minimum Gasteiger partial charge on any atom is -0.493 e. The zero-order chi connectivity index (χ0) is 59.7. The average molecular weight is 1140 g/mol. The number of ether oxygens (including phenoxy) is 5. The Balaban J connectivity index is 0.000000134. The van der Waals surface area contributed by atoms with Gasteiger partial charge in [-0.3, -0.25) is 9.59 Å². The number of fused-ring (bicyclic) bond motifs is 3. The van der Waals surface area contributed by atoms with Crippen molar-refractivity contribution in [1.82, 2.24) is 4.98 Å². The molecule has 4 heterocycles. The van der Waals surface area contributed by atoms with Crippen molar-refractivity contribution in [2.45, 2.75) is 47.5 Å². The number of allylic oxidation sites excluding steroid dienone is 2. The van der Waals surface area contributed by atoms with Gasteiger partial charge in [-0.2, -0.15) is 0 Å². The molecule has 86 heavy (non-hydrogen) atoms. The molecule has 0 bridgehead atoms. The molecule has 0 N–H and O–H groups in total. The minimum atomic E-state index is -0.402. The van der Waals surface area contributed by atoms with Crippen LogP contribution in [0.2, 0.25) is 0 Å². The average Bonchev–Trinajstić information content (AvgIpc) is 4.41. The molecule has 1 unspecified atom stereocenters. The van der Waals surface area contributed by atoms with Gasteiger partial charge in [0.2, 0.25) is 0 Å². The molecule has 0 saturated carbocycles. The predicted octanol–water partition coefficient (Wildman–Crippen LogP) is 17.2. The molecular formula is C75H64FNO9. The molecule has 11 heteroatoms. The number of aldehydes is 3. The Morgan fingerprint density at radius 3 is 1.67 bits per heavy atom. The highest BCUT2D eigenvalue weighted by atomic mass is 19.1. The summed E-state index contributed by atoms with van der Waals surface area (Å²) < 4.78 is 48.7. The predicted molar refractivity (Wildman–Crippen MR) is 339 cm³/mol. The van der Waals surface area contributed by atoms with E-state index in [-0.39, 0.29) is 11.7 Å². The Morgan fingerprint density at radius 2 is 1.03 bits per heavy atom. The van der Waals surface area contributed by atoms with E-state index in [0.717, 1.165) is 138 Å². The van der Waals surface area contributed by atoms with Gasteiger partial charge in [0.15, 0.2) is 40.8 Å². The van der Waals surface area contributed by atoms with Gasteiger partial charge in [-0.15, -0.1) is 0 Å². The second-order valence-corrected chi connectivity index (χ2v) is 21.5. The van der Waals surface area contributed by atoms with Crippen LogP contribution in [0.25, 0.3) is 74.9 Å². The van der Waals surface area contributed by atoms with E-state index in [2.05, 4.69) is 91.7 Å². The van der Waals surface area contributed by atoms with E-state index in [4.69, 9.17) is 28.1 Å². The SMILES string of the molecule is Cc1c(/C=C/C2=CC(C=O)CC3=C2OCC3)cccc1-c1ccc2c(c1)OCCO2.Cc1ccc(C=O)cc1/C=C/c1cccc(-c2ccc3c(c2F)OCCO3)c1C.Cc1ccc(C=O)cc1/C=C/c1cccc(-c2ccc3ncoc3c2)c1C. The summed E-state index contributed by atoms with van der Waals surface area (Å²) in [6, 6.07) is 45.3. The van der Waals surface area contributed by atoms with Crippen molar-refractivity contribution in [2.24, 2.45) is 5.92 Å². The number of hydrogen-bond acceptors (Lipinski definition) is 10. The van der Waals surface area contributed by atoms with Crippen molar-refractivity contribution >= 4 is 60.3 Å². The first-order chi connectivity index (χ1) is 42.0. The van der Waals surface area contributed by atoms with Crippen LogP contribution in [0.1, 0.15) is 89.2 Å². The first-order valence-corrected chi connectivity index (χ1v) is 28.8. The summed E-state index contributed by atoms with van der Waals surface area (Å²) in [5.41, 5.74) is 21.9. The zero-order valence-corrected chi connectivity index (χ0v) is 48.7. The summed E-state index contributed by atoms with van der Waals surface area (Å²) in [6.45, 7) is 12.9. The number of oxazole rings is 1. The monoisotopic (exact) mass is 1140 g/mol. The number of rotatable bonds is 12. The van der Waals surface area contributed by atoms with Crippen molar-refractivity contribution in [1.29, 1.82) is 0 Å². The van der Waals surface area contributed by atoms with Crippen LogP contribution in [-0.2, 0) is 9.53 Å². The van der Waals surface area contributed by atoms with Crippen molar-refractivity contribution < 1.29 is 46.9 Å². The molecule has 4 aliphatic rings. The van der Waals surface area contributed by atoms with Gasteiger partial charge in [0, 0.05) is 34.6 Å². The Hall–Kier alpha value is -10.1. The third-order valence-electron chi connectivity index (χ3n) is 16.1. The van der Waals surface area contributed by atoms with Crippen molar-refractivity contribution in [3.8, 4) is 56.4 Å². The van der Waals surface area contributed by atoms with Gasteiger partial charge >= 0.3 is 0 Å². The normalized spacial score (nSPS) is 14.9. The van der Waals surface area contributed by atoms with Crippen LogP contribution in [0.3, 0.4) is 0 Å². The molecular weight excluding hydrogens is 1080 g/mol. The summed E-state index contributed by atoms with van der Waals surface area (Å²) in [6.07, 6.45) is 20.3. The van der Waals surface area contributed by atoms with E-state index in [9.17, 15) is 14.4 Å². The second kappa shape index (κ2) is 26.2. The van der Waals surface area contributed by atoms with Crippen LogP contribution in [0, 0.1) is 46.4 Å². The minimum absolute atomic E-state index is 0.0600. The molecule has 0 spiro atoms. The van der Waals surface area contributed by atoms with E-state index in [1.165, 1.54) is 23.1 Å². The molecule has 0 amide bonds. The molecule has 3 aliphatic heterocycles. The Kier molecular flexibility index (Phi) is 17.6. The number of nitrogens with zero attached hydrogens (tertiary/aromatic N) is 1. The van der Waals surface area contributed by atoms with Gasteiger partial charge < -0.3 is 32.9 Å². The summed E-state index contributed by atoms with van der Waals surface area (Å²) in [5.74, 6) is 2.71. The quantitative estimate of drug-likeness (QED) is 0.0863. The largest absolute Gasteiger partial charge is 0.493 e. The fraction of sp³-hybridized carbons (Fsp3) is 0.173. The topological polar surface area (TPSA) is 123 Å². The Labute approximate surface area is 500 Å². The first kappa shape index (κ1) is 57.7. The molecule has 13 rings (SSSR count). The summed E-state index contributed by atoms with van der Waals surface area (Å²) in [4.78, 5) is 37.6. The Morgan fingerprint density at radius 1 is 0.488 bits per heavy atom. The molecule has 0 radical (unpaired) electrons. The highest BCUT2D eigenvalue weighted by Crippen LogP contribution is 2.42. The maximum Gasteiger partial charge on any atom is 0.197 e. The zero-order valence-electron chi connectivity index (χ0n) is 48.7. The molecule has 0 fully saturated rings. The van der Waals surface area contributed by atoms with Crippen LogP contribution in [0.15, 0.2) is 179 Å². The number of carbonyl (C=O) groups excluding carboxylic acids is 3. The molecule has 10 nitrogen and oxygen atoms in total. The van der Waals surface area contributed by atoms with Crippen LogP contribution < -0.4 is 18.9 Å². The standard InChI is InChI=1S/C26H24O4.C25H21FO3.C24H19NO2/c1-17-19(5-6-21-13-18(16-27)14-22-9-10-30-26(21)22)3-2-4-23(17)20-7-8-24-25(15-20)29-12-11-28-24;1-16-6-7-18(15-27)14-20(16)9-8-19-4-3-5-21(17(19)2)22-10-11-23-25(24(22)26)29-13-12-28-23;1-16-6-7-18(14-26)12-20(16)9-8-19-4-3-5-22(17(19)2)21-10-11-23-24(13-21)27-15-25-23/h2-8,13,15-16,18H,9-12,14H2,1H3;3-11,14-15H,12-13H2,1-2H3;3-15H,1-2H3/b6-5+;2*9-8+. The van der Waals surface area contributed by atoms with Gasteiger partial charge in [-0.25, -0.2) is 9.37 Å². The van der Waals surface area contributed by atoms with E-state index >= 15 is 4.39 Å². The molecule has 9 aromatic rings. The number of aryl methyl sites for hydroxylation is 2. The number of benzene rings is 8. The first-order valence-electron chi connectivity index (χ1n) is 28.8. The highest BCUT2D eigenvalue weighted by molar-refractivity contribution is 5.86. The third kappa shape index (κ3) is 12.7. The number of aromatic nitrogens is 1. The smallest absolute Gasteiger partial charge is 0.197 e. The van der Waals surface area contributed by atoms with Crippen LogP contribution >= 0.6 is 0 Å². The van der Waals surface area contributed by atoms with Gasteiger partial charge in [0.25, 0.3) is 0 Å². The third-order valence-corrected chi connectivity index (χ3v) is 16.1. The van der Waals surface area contributed by atoms with E-state index in [1.54, 1.807) is 18.2 Å². The Bertz CT molecular complexity index is 4230. The summed E-state index contributed by atoms with van der Waals surface area (Å²) >= 11 is 0. The number of carbonyl (C=O) groups is 3.